The van der Waals surface area contributed by atoms with Crippen LogP contribution in [0.4, 0.5) is 0 Å². The number of nitrogens with two attached hydrogens (primary N) is 1. The van der Waals surface area contributed by atoms with Gasteiger partial charge in [-0.05, 0) is 35.1 Å². The molecule has 0 spiro atoms. The second-order valence-corrected chi connectivity index (χ2v) is 4.13. The van der Waals surface area contributed by atoms with Gasteiger partial charge in [-0.1, -0.05) is 0 Å². The summed E-state index contributed by atoms with van der Waals surface area (Å²) in [7, 11) is 0. The number of hydrogen-bond acceptors (Lipinski definition) is 4. The van der Waals surface area contributed by atoms with Crippen LogP contribution in [-0.2, 0) is 0 Å². The molecular weight excluding hydrogens is 228 g/mol. The normalized spacial score (nSPS) is 10.9. The highest BCUT2D eigenvalue weighted by Crippen LogP contribution is 2.21. The summed E-state index contributed by atoms with van der Waals surface area (Å²) in [5, 5.41) is 7.19. The molecule has 2 rings (SSSR count). The Morgan fingerprint density at radius 3 is 3.27 bits per heavy atom. The molecule has 0 amide bonds. The van der Waals surface area contributed by atoms with Crippen molar-refractivity contribution in [3.63, 3.8) is 0 Å². The van der Waals surface area contributed by atoms with Crippen molar-refractivity contribution in [3.8, 4) is 0 Å². The predicted octanol–water partition coefficient (Wildman–Crippen LogP) is 1.46. The van der Waals surface area contributed by atoms with Gasteiger partial charge in [-0.2, -0.15) is 5.10 Å². The Balaban J connectivity index is 2.31. The standard InChI is InChI=1S/C9H8N4S2/c10-9(14)13-12-5-7-8-6(1-3-11-7)2-4-15-8/h1-5H,(H3,10,13,14)/b12-5+. The van der Waals surface area contributed by atoms with Gasteiger partial charge in [0, 0.05) is 6.20 Å². The van der Waals surface area contributed by atoms with Crippen LogP contribution in [0.1, 0.15) is 5.69 Å². The molecule has 2 heterocycles. The molecule has 0 saturated carbocycles. The summed E-state index contributed by atoms with van der Waals surface area (Å²) < 4.78 is 1.10. The largest absolute Gasteiger partial charge is 0.375 e. The Bertz CT molecular complexity index is 518. The SMILES string of the molecule is NC(=S)N/N=C/c1nccc2ccsc12. The lowest BCUT2D eigenvalue weighted by atomic mass is 10.3. The number of thiocarbonyl (C=S) groups is 1. The number of fused-ring (bicyclic) bond motifs is 1. The summed E-state index contributed by atoms with van der Waals surface area (Å²) >= 11 is 6.25. The summed E-state index contributed by atoms with van der Waals surface area (Å²) in [4.78, 5) is 4.21. The van der Waals surface area contributed by atoms with E-state index in [1.54, 1.807) is 23.7 Å². The molecule has 4 nitrogen and oxygen atoms in total. The number of hydrogen-bond donors (Lipinski definition) is 2. The number of rotatable bonds is 2. The number of aromatic nitrogens is 1. The van der Waals surface area contributed by atoms with Crippen molar-refractivity contribution in [2.24, 2.45) is 10.8 Å². The second-order valence-electron chi connectivity index (χ2n) is 2.77. The monoisotopic (exact) mass is 236 g/mol. The van der Waals surface area contributed by atoms with E-state index in [0.29, 0.717) is 0 Å². The molecule has 2 aromatic rings. The first-order chi connectivity index (χ1) is 7.27. The number of nitrogens with zero attached hydrogens (tertiary/aromatic N) is 2. The Morgan fingerprint density at radius 1 is 1.60 bits per heavy atom. The molecule has 2 aromatic heterocycles. The van der Waals surface area contributed by atoms with Crippen LogP contribution in [0.5, 0.6) is 0 Å². The van der Waals surface area contributed by atoms with Crippen molar-refractivity contribution in [2.45, 2.75) is 0 Å². The fourth-order valence-electron chi connectivity index (χ4n) is 1.16. The zero-order valence-corrected chi connectivity index (χ0v) is 9.31. The van der Waals surface area contributed by atoms with Gasteiger partial charge >= 0.3 is 0 Å². The molecule has 0 radical (unpaired) electrons. The van der Waals surface area contributed by atoms with Crippen molar-refractivity contribution in [1.29, 1.82) is 0 Å². The molecule has 0 aromatic carbocycles. The van der Waals surface area contributed by atoms with E-state index < -0.39 is 0 Å². The van der Waals surface area contributed by atoms with E-state index in [-0.39, 0.29) is 5.11 Å². The Hall–Kier alpha value is -1.53. The van der Waals surface area contributed by atoms with Crippen molar-refractivity contribution in [2.75, 3.05) is 0 Å². The fourth-order valence-corrected chi connectivity index (χ4v) is 2.07. The Morgan fingerprint density at radius 2 is 2.47 bits per heavy atom. The highest BCUT2D eigenvalue weighted by Gasteiger charge is 2.00. The van der Waals surface area contributed by atoms with Crippen LogP contribution in [0.15, 0.2) is 28.8 Å². The van der Waals surface area contributed by atoms with Crippen molar-refractivity contribution >= 4 is 45.0 Å². The number of hydrazone groups is 1. The quantitative estimate of drug-likeness (QED) is 0.471. The van der Waals surface area contributed by atoms with E-state index in [0.717, 1.165) is 15.8 Å². The molecule has 6 heteroatoms. The minimum atomic E-state index is 0.143. The molecule has 0 atom stereocenters. The smallest absolute Gasteiger partial charge is 0.184 e. The van der Waals surface area contributed by atoms with Crippen LogP contribution < -0.4 is 11.2 Å². The van der Waals surface area contributed by atoms with Gasteiger partial charge in [0.2, 0.25) is 0 Å². The first kappa shape index (κ1) is 10.0. The van der Waals surface area contributed by atoms with Crippen molar-refractivity contribution < 1.29 is 0 Å². The Kier molecular flexibility index (Phi) is 2.89. The molecule has 0 unspecified atom stereocenters. The topological polar surface area (TPSA) is 63.3 Å². The van der Waals surface area contributed by atoms with E-state index in [2.05, 4.69) is 27.7 Å². The number of pyridine rings is 1. The molecule has 76 valence electrons. The van der Waals surface area contributed by atoms with Gasteiger partial charge in [-0.3, -0.25) is 10.4 Å². The molecule has 15 heavy (non-hydrogen) atoms. The number of thiophene rings is 1. The maximum absolute atomic E-state index is 5.24. The fraction of sp³-hybridized carbons (Fsp3) is 0. The van der Waals surface area contributed by atoms with Crippen LogP contribution in [0.3, 0.4) is 0 Å². The second kappa shape index (κ2) is 4.33. The van der Waals surface area contributed by atoms with E-state index >= 15 is 0 Å². The van der Waals surface area contributed by atoms with Crippen LogP contribution in [0.25, 0.3) is 10.1 Å². The lowest BCUT2D eigenvalue weighted by Gasteiger charge is -1.95. The lowest BCUT2D eigenvalue weighted by molar-refractivity contribution is 1.04. The maximum Gasteiger partial charge on any atom is 0.184 e. The average molecular weight is 236 g/mol. The van der Waals surface area contributed by atoms with Gasteiger partial charge in [0.05, 0.1) is 10.9 Å². The minimum Gasteiger partial charge on any atom is -0.375 e. The first-order valence-electron chi connectivity index (χ1n) is 4.18. The average Bonchev–Trinajstić information content (AvgIpc) is 2.65. The van der Waals surface area contributed by atoms with Crippen LogP contribution in [0, 0.1) is 0 Å². The molecule has 0 aliphatic heterocycles. The van der Waals surface area contributed by atoms with E-state index in [9.17, 15) is 0 Å². The van der Waals surface area contributed by atoms with Gasteiger partial charge in [0.1, 0.15) is 5.69 Å². The van der Waals surface area contributed by atoms with Gasteiger partial charge in [0.25, 0.3) is 0 Å². The lowest BCUT2D eigenvalue weighted by Crippen LogP contribution is -2.24. The molecule has 0 fully saturated rings. The minimum absolute atomic E-state index is 0.143. The summed E-state index contributed by atoms with van der Waals surface area (Å²) in [6.07, 6.45) is 3.36. The summed E-state index contributed by atoms with van der Waals surface area (Å²) in [5.41, 5.74) is 8.54. The predicted molar refractivity (Wildman–Crippen MR) is 67.1 cm³/mol. The Labute approximate surface area is 95.8 Å². The molecule has 3 N–H and O–H groups in total. The van der Waals surface area contributed by atoms with E-state index in [1.165, 1.54) is 0 Å². The maximum atomic E-state index is 5.24. The number of nitrogens with one attached hydrogen (secondary N) is 1. The van der Waals surface area contributed by atoms with E-state index in [1.807, 2.05) is 17.5 Å². The molecular formula is C9H8N4S2. The van der Waals surface area contributed by atoms with E-state index in [4.69, 9.17) is 5.73 Å². The summed E-state index contributed by atoms with van der Waals surface area (Å²) in [6, 6.07) is 4.00. The van der Waals surface area contributed by atoms with Crippen molar-refractivity contribution in [1.82, 2.24) is 10.4 Å². The third kappa shape index (κ3) is 2.28. The third-order valence-corrected chi connectivity index (χ3v) is 2.80. The van der Waals surface area contributed by atoms with Gasteiger partial charge in [0.15, 0.2) is 5.11 Å². The highest BCUT2D eigenvalue weighted by atomic mass is 32.1. The summed E-state index contributed by atoms with van der Waals surface area (Å²) in [5.74, 6) is 0. The van der Waals surface area contributed by atoms with Crippen molar-refractivity contribution in [3.05, 3.63) is 29.4 Å². The molecule has 0 aliphatic carbocycles. The first-order valence-corrected chi connectivity index (χ1v) is 5.47. The van der Waals surface area contributed by atoms with Crippen LogP contribution >= 0.6 is 23.6 Å². The van der Waals surface area contributed by atoms with Gasteiger partial charge < -0.3 is 5.73 Å². The van der Waals surface area contributed by atoms with Crippen LogP contribution in [-0.4, -0.2) is 16.3 Å². The molecule has 0 aliphatic rings. The zero-order chi connectivity index (χ0) is 10.7. The van der Waals surface area contributed by atoms with Crippen LogP contribution in [0.2, 0.25) is 0 Å². The zero-order valence-electron chi connectivity index (χ0n) is 7.68. The van der Waals surface area contributed by atoms with Gasteiger partial charge in [-0.15, -0.1) is 11.3 Å². The molecule has 0 bridgehead atoms. The molecule has 0 saturated heterocycles. The summed E-state index contributed by atoms with van der Waals surface area (Å²) in [6.45, 7) is 0. The third-order valence-electron chi connectivity index (χ3n) is 1.76. The van der Waals surface area contributed by atoms with Gasteiger partial charge in [-0.25, -0.2) is 0 Å². The highest BCUT2D eigenvalue weighted by molar-refractivity contribution is 7.80.